The Labute approximate surface area is 152 Å². The smallest absolute Gasteiger partial charge is 0.240 e. The van der Waals surface area contributed by atoms with E-state index >= 15 is 0 Å². The number of benzene rings is 2. The normalized spacial score (nSPS) is 19.2. The summed E-state index contributed by atoms with van der Waals surface area (Å²) >= 11 is 0. The lowest BCUT2D eigenvalue weighted by molar-refractivity contribution is -0.122. The van der Waals surface area contributed by atoms with Crippen molar-refractivity contribution < 1.29 is 17.6 Å². The summed E-state index contributed by atoms with van der Waals surface area (Å²) in [5.41, 5.74) is 1.54. The third-order valence-electron chi connectivity index (χ3n) is 4.48. The van der Waals surface area contributed by atoms with Crippen LogP contribution in [0.1, 0.15) is 23.5 Å². The highest BCUT2D eigenvalue weighted by Gasteiger charge is 2.44. The zero-order valence-corrected chi connectivity index (χ0v) is 15.2. The molecule has 1 amide bonds. The van der Waals surface area contributed by atoms with Gasteiger partial charge < -0.3 is 5.32 Å². The van der Waals surface area contributed by atoms with Crippen molar-refractivity contribution in [2.45, 2.75) is 24.2 Å². The van der Waals surface area contributed by atoms with Gasteiger partial charge in [-0.2, -0.15) is 0 Å². The van der Waals surface area contributed by atoms with Crippen LogP contribution in [0.4, 0.5) is 4.39 Å². The second-order valence-electron chi connectivity index (χ2n) is 6.47. The van der Waals surface area contributed by atoms with Crippen LogP contribution in [0.2, 0.25) is 0 Å². The minimum absolute atomic E-state index is 0.0963. The van der Waals surface area contributed by atoms with Gasteiger partial charge in [0.25, 0.3) is 0 Å². The lowest BCUT2D eigenvalue weighted by Gasteiger charge is -2.08. The Kier molecular flexibility index (Phi) is 5.38. The third-order valence-corrected chi connectivity index (χ3v) is 5.96. The van der Waals surface area contributed by atoms with E-state index in [1.165, 1.54) is 6.07 Å². The lowest BCUT2D eigenvalue weighted by atomic mass is 10.1. The van der Waals surface area contributed by atoms with E-state index in [1.54, 1.807) is 42.5 Å². The maximum atomic E-state index is 13.7. The molecule has 2 aromatic rings. The molecule has 1 aliphatic rings. The van der Waals surface area contributed by atoms with Crippen molar-refractivity contribution in [3.63, 3.8) is 0 Å². The number of nitrogens with one attached hydrogen (secondary N) is 2. The molecular weight excluding hydrogens is 355 g/mol. The first-order valence-electron chi connectivity index (χ1n) is 8.47. The van der Waals surface area contributed by atoms with Crippen LogP contribution in [-0.4, -0.2) is 27.4 Å². The molecule has 0 radical (unpaired) electrons. The fraction of sp³-hybridized carbons (Fsp3) is 0.316. The molecule has 2 aromatic carbocycles. The van der Waals surface area contributed by atoms with E-state index in [4.69, 9.17) is 0 Å². The van der Waals surface area contributed by atoms with E-state index in [1.807, 2.05) is 6.92 Å². The van der Waals surface area contributed by atoms with Crippen molar-refractivity contribution in [3.05, 3.63) is 65.5 Å². The van der Waals surface area contributed by atoms with Crippen molar-refractivity contribution >= 4 is 15.9 Å². The molecule has 1 saturated carbocycles. The van der Waals surface area contributed by atoms with Crippen LogP contribution in [0.5, 0.6) is 0 Å². The number of carbonyl (C=O) groups excluding carboxylic acids is 1. The quantitative estimate of drug-likeness (QED) is 0.729. The van der Waals surface area contributed by atoms with Crippen LogP contribution < -0.4 is 10.0 Å². The van der Waals surface area contributed by atoms with Gasteiger partial charge in [-0.1, -0.05) is 35.9 Å². The first-order valence-corrected chi connectivity index (χ1v) is 9.95. The number of carbonyl (C=O) groups is 1. The van der Waals surface area contributed by atoms with Crippen LogP contribution in [0.15, 0.2) is 53.4 Å². The highest BCUT2D eigenvalue weighted by atomic mass is 32.2. The Balaban J connectivity index is 1.45. The number of sulfonamides is 1. The summed E-state index contributed by atoms with van der Waals surface area (Å²) in [6.45, 7) is 2.16. The monoisotopic (exact) mass is 376 g/mol. The van der Waals surface area contributed by atoms with Gasteiger partial charge >= 0.3 is 0 Å². The van der Waals surface area contributed by atoms with E-state index in [-0.39, 0.29) is 41.5 Å². The van der Waals surface area contributed by atoms with Crippen LogP contribution in [0.25, 0.3) is 0 Å². The molecule has 7 heteroatoms. The van der Waals surface area contributed by atoms with Gasteiger partial charge in [0.1, 0.15) is 5.82 Å². The maximum absolute atomic E-state index is 13.7. The van der Waals surface area contributed by atoms with E-state index in [0.717, 1.165) is 5.56 Å². The standard InChI is InChI=1S/C19H21FN2O3S/c1-13-6-8-14(9-7-13)26(24,25)22-11-10-21-19(23)17-12-16(17)15-4-2-3-5-18(15)20/h2-9,16-17,22H,10-12H2,1H3,(H,21,23). The van der Waals surface area contributed by atoms with Gasteiger partial charge in [-0.05, 0) is 43.0 Å². The van der Waals surface area contributed by atoms with Gasteiger partial charge in [0.05, 0.1) is 4.90 Å². The molecule has 138 valence electrons. The Morgan fingerprint density at radius 1 is 1.12 bits per heavy atom. The minimum atomic E-state index is -3.59. The second kappa shape index (κ2) is 7.55. The van der Waals surface area contributed by atoms with Crippen LogP contribution in [0.3, 0.4) is 0 Å². The van der Waals surface area contributed by atoms with E-state index in [2.05, 4.69) is 10.0 Å². The SMILES string of the molecule is Cc1ccc(S(=O)(=O)NCCNC(=O)C2CC2c2ccccc2F)cc1. The van der Waals surface area contributed by atoms with Gasteiger partial charge in [0.2, 0.25) is 15.9 Å². The van der Waals surface area contributed by atoms with E-state index < -0.39 is 10.0 Å². The van der Waals surface area contributed by atoms with E-state index in [9.17, 15) is 17.6 Å². The predicted octanol–water partition coefficient (Wildman–Crippen LogP) is 2.33. The molecule has 1 aliphatic carbocycles. The average Bonchev–Trinajstić information content (AvgIpc) is 3.40. The van der Waals surface area contributed by atoms with Gasteiger partial charge in [0, 0.05) is 19.0 Å². The number of aryl methyl sites for hydroxylation is 1. The molecule has 26 heavy (non-hydrogen) atoms. The Morgan fingerprint density at radius 3 is 2.50 bits per heavy atom. The largest absolute Gasteiger partial charge is 0.355 e. The third kappa shape index (κ3) is 4.28. The molecule has 2 unspecified atom stereocenters. The fourth-order valence-electron chi connectivity index (χ4n) is 2.91. The second-order valence-corrected chi connectivity index (χ2v) is 8.24. The molecule has 0 heterocycles. The number of halogens is 1. The molecule has 0 aromatic heterocycles. The molecule has 2 atom stereocenters. The van der Waals surface area contributed by atoms with Gasteiger partial charge in [-0.3, -0.25) is 4.79 Å². The maximum Gasteiger partial charge on any atom is 0.240 e. The Hall–Kier alpha value is -2.25. The number of amides is 1. The van der Waals surface area contributed by atoms with Crippen LogP contribution >= 0.6 is 0 Å². The Bertz CT molecular complexity index is 897. The first-order chi connectivity index (χ1) is 12.4. The fourth-order valence-corrected chi connectivity index (χ4v) is 3.94. The topological polar surface area (TPSA) is 75.3 Å². The highest BCUT2D eigenvalue weighted by molar-refractivity contribution is 7.89. The van der Waals surface area contributed by atoms with Crippen molar-refractivity contribution in [1.29, 1.82) is 0 Å². The molecule has 2 N–H and O–H groups in total. The highest BCUT2D eigenvalue weighted by Crippen LogP contribution is 2.48. The van der Waals surface area contributed by atoms with Crippen molar-refractivity contribution in [2.75, 3.05) is 13.1 Å². The van der Waals surface area contributed by atoms with Crippen molar-refractivity contribution in [2.24, 2.45) is 5.92 Å². The van der Waals surface area contributed by atoms with Crippen LogP contribution in [0, 0.1) is 18.7 Å². The number of hydrogen-bond donors (Lipinski definition) is 2. The summed E-state index contributed by atoms with van der Waals surface area (Å²) in [6, 6.07) is 13.0. The summed E-state index contributed by atoms with van der Waals surface area (Å²) in [6.07, 6.45) is 0.613. The summed E-state index contributed by atoms with van der Waals surface area (Å²) < 4.78 is 40.5. The van der Waals surface area contributed by atoms with Gasteiger partial charge in [-0.25, -0.2) is 17.5 Å². The summed E-state index contributed by atoms with van der Waals surface area (Å²) in [5, 5.41) is 2.71. The Morgan fingerprint density at radius 2 is 1.81 bits per heavy atom. The van der Waals surface area contributed by atoms with E-state index in [0.29, 0.717) is 12.0 Å². The summed E-state index contributed by atoms with van der Waals surface area (Å²) in [5.74, 6) is -0.812. The molecule has 1 fully saturated rings. The zero-order chi connectivity index (χ0) is 18.7. The predicted molar refractivity (Wildman–Crippen MR) is 96.6 cm³/mol. The number of hydrogen-bond acceptors (Lipinski definition) is 3. The molecule has 3 rings (SSSR count). The average molecular weight is 376 g/mol. The molecule has 5 nitrogen and oxygen atoms in total. The molecular formula is C19H21FN2O3S. The first kappa shape index (κ1) is 18.5. The summed E-state index contributed by atoms with van der Waals surface area (Å²) in [4.78, 5) is 12.3. The van der Waals surface area contributed by atoms with Gasteiger partial charge in [0.15, 0.2) is 0 Å². The molecule has 0 aliphatic heterocycles. The van der Waals surface area contributed by atoms with Gasteiger partial charge in [-0.15, -0.1) is 0 Å². The van der Waals surface area contributed by atoms with Crippen LogP contribution in [-0.2, 0) is 14.8 Å². The lowest BCUT2D eigenvalue weighted by Crippen LogP contribution is -2.35. The minimum Gasteiger partial charge on any atom is -0.355 e. The number of rotatable bonds is 7. The molecule has 0 saturated heterocycles. The molecule has 0 bridgehead atoms. The van der Waals surface area contributed by atoms with Crippen molar-refractivity contribution in [1.82, 2.24) is 10.0 Å². The van der Waals surface area contributed by atoms with Crippen molar-refractivity contribution in [3.8, 4) is 0 Å². The molecule has 0 spiro atoms. The summed E-state index contributed by atoms with van der Waals surface area (Å²) in [7, 11) is -3.59. The zero-order valence-electron chi connectivity index (χ0n) is 14.4.